The summed E-state index contributed by atoms with van der Waals surface area (Å²) in [5.41, 5.74) is 0.104. The van der Waals surface area contributed by atoms with Crippen molar-refractivity contribution in [3.8, 4) is 10.6 Å². The molecule has 3 rings (SSSR count). The quantitative estimate of drug-likeness (QED) is 0.774. The van der Waals surface area contributed by atoms with Crippen LogP contribution >= 0.6 is 11.3 Å². The number of halogens is 3. The summed E-state index contributed by atoms with van der Waals surface area (Å²) in [4.78, 5) is 12.3. The van der Waals surface area contributed by atoms with E-state index in [2.05, 4.69) is 20.3 Å². The van der Waals surface area contributed by atoms with Crippen molar-refractivity contribution in [1.29, 1.82) is 0 Å². The van der Waals surface area contributed by atoms with Gasteiger partial charge in [0, 0.05) is 18.9 Å². The summed E-state index contributed by atoms with van der Waals surface area (Å²) in [6.45, 7) is 0.291. The molecule has 0 fully saturated rings. The third kappa shape index (κ3) is 3.84. The molecule has 1 N–H and O–H groups in total. The number of hydrogen-bond donors (Lipinski definition) is 1. The number of aromatic nitrogens is 3. The van der Waals surface area contributed by atoms with E-state index >= 15 is 0 Å². The van der Waals surface area contributed by atoms with Crippen LogP contribution in [-0.2, 0) is 12.7 Å². The van der Waals surface area contributed by atoms with Gasteiger partial charge >= 0.3 is 6.18 Å². The van der Waals surface area contributed by atoms with Gasteiger partial charge in [0.25, 0.3) is 0 Å². The molecule has 3 aromatic rings. The van der Waals surface area contributed by atoms with Crippen LogP contribution in [0.2, 0.25) is 0 Å². The second-order valence-electron chi connectivity index (χ2n) is 4.65. The molecule has 0 saturated heterocycles. The Morgan fingerprint density at radius 2 is 2.00 bits per heavy atom. The molecule has 0 saturated carbocycles. The molecule has 0 unspecified atom stereocenters. The molecule has 0 spiro atoms. The second-order valence-corrected chi connectivity index (χ2v) is 5.60. The van der Waals surface area contributed by atoms with Crippen molar-refractivity contribution in [2.45, 2.75) is 12.7 Å². The van der Waals surface area contributed by atoms with Crippen molar-refractivity contribution >= 4 is 17.3 Å². The molecule has 0 radical (unpaired) electrons. The predicted molar refractivity (Wildman–Crippen MR) is 81.9 cm³/mol. The Labute approximate surface area is 134 Å². The van der Waals surface area contributed by atoms with E-state index in [-0.39, 0.29) is 11.6 Å². The van der Waals surface area contributed by atoms with E-state index in [1.54, 1.807) is 36.0 Å². The highest BCUT2D eigenvalue weighted by atomic mass is 32.1. The Balaban J connectivity index is 1.91. The SMILES string of the molecule is FC(F)(F)c1cc(-c2cccs2)nc(NCc2cccnc2)n1. The first-order valence-corrected chi connectivity index (χ1v) is 7.53. The second kappa shape index (κ2) is 6.33. The van der Waals surface area contributed by atoms with Gasteiger partial charge in [-0.2, -0.15) is 13.2 Å². The summed E-state index contributed by atoms with van der Waals surface area (Å²) >= 11 is 1.32. The average Bonchev–Trinajstić information content (AvgIpc) is 3.07. The smallest absolute Gasteiger partial charge is 0.350 e. The van der Waals surface area contributed by atoms with Crippen LogP contribution in [-0.4, -0.2) is 15.0 Å². The number of thiophene rings is 1. The number of rotatable bonds is 4. The van der Waals surface area contributed by atoms with Gasteiger partial charge in [-0.1, -0.05) is 12.1 Å². The normalized spacial score (nSPS) is 11.4. The molecule has 0 bridgehead atoms. The number of alkyl halides is 3. The van der Waals surface area contributed by atoms with Crippen molar-refractivity contribution < 1.29 is 13.2 Å². The highest BCUT2D eigenvalue weighted by molar-refractivity contribution is 7.13. The molecule has 0 aliphatic rings. The molecule has 118 valence electrons. The zero-order chi connectivity index (χ0) is 16.3. The summed E-state index contributed by atoms with van der Waals surface area (Å²) in [5.74, 6) is -0.0629. The first-order valence-electron chi connectivity index (χ1n) is 6.65. The predicted octanol–water partition coefficient (Wildman–Crippen LogP) is 4.23. The van der Waals surface area contributed by atoms with E-state index in [0.717, 1.165) is 11.6 Å². The van der Waals surface area contributed by atoms with Crippen LogP contribution in [0.4, 0.5) is 19.1 Å². The van der Waals surface area contributed by atoms with Gasteiger partial charge < -0.3 is 5.32 Å². The van der Waals surface area contributed by atoms with E-state index in [9.17, 15) is 13.2 Å². The summed E-state index contributed by atoms with van der Waals surface area (Å²) < 4.78 is 39.1. The van der Waals surface area contributed by atoms with Crippen molar-refractivity contribution in [2.75, 3.05) is 5.32 Å². The van der Waals surface area contributed by atoms with Gasteiger partial charge in [-0.15, -0.1) is 11.3 Å². The summed E-state index contributed by atoms with van der Waals surface area (Å²) in [6.07, 6.45) is -1.28. The standard InChI is InChI=1S/C15H11F3N4S/c16-15(17,18)13-7-11(12-4-2-6-23-12)21-14(22-13)20-9-10-3-1-5-19-8-10/h1-8H,9H2,(H,20,21,22). The summed E-state index contributed by atoms with van der Waals surface area (Å²) in [6, 6.07) is 8.01. The topological polar surface area (TPSA) is 50.7 Å². The van der Waals surface area contributed by atoms with Crippen LogP contribution in [0.5, 0.6) is 0 Å². The molecule has 0 aliphatic heterocycles. The van der Waals surface area contributed by atoms with E-state index in [0.29, 0.717) is 11.4 Å². The summed E-state index contributed by atoms with van der Waals surface area (Å²) in [7, 11) is 0. The molecule has 3 heterocycles. The molecule has 0 aromatic carbocycles. The number of anilines is 1. The van der Waals surface area contributed by atoms with Crippen molar-refractivity contribution in [1.82, 2.24) is 15.0 Å². The highest BCUT2D eigenvalue weighted by Crippen LogP contribution is 2.32. The van der Waals surface area contributed by atoms with Gasteiger partial charge in [-0.25, -0.2) is 9.97 Å². The minimum absolute atomic E-state index is 0.0629. The van der Waals surface area contributed by atoms with Crippen LogP contribution < -0.4 is 5.32 Å². The van der Waals surface area contributed by atoms with Gasteiger partial charge in [-0.05, 0) is 29.1 Å². The molecule has 0 atom stereocenters. The molecule has 0 amide bonds. The Bertz CT molecular complexity index is 773. The maximum atomic E-state index is 13.0. The lowest BCUT2D eigenvalue weighted by Gasteiger charge is -2.11. The highest BCUT2D eigenvalue weighted by Gasteiger charge is 2.33. The zero-order valence-corrected chi connectivity index (χ0v) is 12.5. The first-order chi connectivity index (χ1) is 11.0. The molecule has 3 aromatic heterocycles. The van der Waals surface area contributed by atoms with E-state index in [1.807, 2.05) is 6.07 Å². The van der Waals surface area contributed by atoms with Crippen LogP contribution in [0, 0.1) is 0 Å². The first kappa shape index (κ1) is 15.4. The van der Waals surface area contributed by atoms with Crippen molar-refractivity contribution in [2.24, 2.45) is 0 Å². The molecular formula is C15H11F3N4S. The lowest BCUT2D eigenvalue weighted by Crippen LogP contribution is -2.12. The fourth-order valence-corrected chi connectivity index (χ4v) is 2.59. The molecule has 8 heteroatoms. The zero-order valence-electron chi connectivity index (χ0n) is 11.7. The fraction of sp³-hybridized carbons (Fsp3) is 0.133. The average molecular weight is 336 g/mol. The van der Waals surface area contributed by atoms with Crippen molar-refractivity contribution in [3.05, 3.63) is 59.4 Å². The lowest BCUT2D eigenvalue weighted by atomic mass is 10.2. The molecule has 4 nitrogen and oxygen atoms in total. The minimum Gasteiger partial charge on any atom is -0.350 e. The minimum atomic E-state index is -4.53. The Kier molecular flexibility index (Phi) is 4.24. The van der Waals surface area contributed by atoms with Crippen LogP contribution in [0.15, 0.2) is 48.1 Å². The van der Waals surface area contributed by atoms with Gasteiger partial charge in [-0.3, -0.25) is 4.98 Å². The maximum Gasteiger partial charge on any atom is 0.433 e. The maximum absolute atomic E-state index is 13.0. The lowest BCUT2D eigenvalue weighted by molar-refractivity contribution is -0.141. The number of hydrogen-bond acceptors (Lipinski definition) is 5. The van der Waals surface area contributed by atoms with Gasteiger partial charge in [0.1, 0.15) is 0 Å². The Hall–Kier alpha value is -2.48. The Morgan fingerprint density at radius 1 is 1.13 bits per heavy atom. The third-order valence-electron chi connectivity index (χ3n) is 2.96. The van der Waals surface area contributed by atoms with Crippen LogP contribution in [0.1, 0.15) is 11.3 Å². The van der Waals surface area contributed by atoms with Gasteiger partial charge in [0.2, 0.25) is 5.95 Å². The number of nitrogens with one attached hydrogen (secondary N) is 1. The molecule has 23 heavy (non-hydrogen) atoms. The van der Waals surface area contributed by atoms with Gasteiger partial charge in [0.05, 0.1) is 10.6 Å². The number of pyridine rings is 1. The van der Waals surface area contributed by atoms with E-state index < -0.39 is 11.9 Å². The molecular weight excluding hydrogens is 325 g/mol. The van der Waals surface area contributed by atoms with E-state index in [4.69, 9.17) is 0 Å². The Morgan fingerprint density at radius 3 is 2.65 bits per heavy atom. The van der Waals surface area contributed by atoms with Gasteiger partial charge in [0.15, 0.2) is 5.69 Å². The summed E-state index contributed by atoms with van der Waals surface area (Å²) in [5, 5.41) is 4.60. The molecule has 0 aliphatic carbocycles. The van der Waals surface area contributed by atoms with Crippen LogP contribution in [0.25, 0.3) is 10.6 Å². The third-order valence-corrected chi connectivity index (χ3v) is 3.86. The number of nitrogens with zero attached hydrogens (tertiary/aromatic N) is 3. The van der Waals surface area contributed by atoms with Crippen molar-refractivity contribution in [3.63, 3.8) is 0 Å². The largest absolute Gasteiger partial charge is 0.433 e. The van der Waals surface area contributed by atoms with E-state index in [1.165, 1.54) is 11.3 Å². The van der Waals surface area contributed by atoms with Crippen LogP contribution in [0.3, 0.4) is 0 Å². The monoisotopic (exact) mass is 336 g/mol. The fourth-order valence-electron chi connectivity index (χ4n) is 1.91.